The lowest BCUT2D eigenvalue weighted by Gasteiger charge is -2.30. The van der Waals surface area contributed by atoms with Crippen molar-refractivity contribution in [2.24, 2.45) is 0 Å². The molecule has 0 saturated carbocycles. The minimum absolute atomic E-state index is 0.168. The monoisotopic (exact) mass is 451 g/mol. The Hall–Kier alpha value is -2.52. The molecule has 0 atom stereocenters. The van der Waals surface area contributed by atoms with Crippen LogP contribution in [0.3, 0.4) is 0 Å². The van der Waals surface area contributed by atoms with E-state index < -0.39 is 33.1 Å². The predicted octanol–water partition coefficient (Wildman–Crippen LogP) is 4.24. The first-order valence-corrected chi connectivity index (χ1v) is 11.9. The third-order valence-corrected chi connectivity index (χ3v) is 7.48. The van der Waals surface area contributed by atoms with E-state index in [0.29, 0.717) is 5.69 Å². The highest BCUT2D eigenvalue weighted by molar-refractivity contribution is 7.89. The molecular weight excluding hydrogens is 424 g/mol. The minimum Gasteiger partial charge on any atom is -0.370 e. The lowest BCUT2D eigenvalue weighted by atomic mass is 10.1. The fourth-order valence-corrected chi connectivity index (χ4v) is 5.24. The Bertz CT molecular complexity index is 1050. The van der Waals surface area contributed by atoms with Crippen LogP contribution in [-0.4, -0.2) is 44.8 Å². The lowest BCUT2D eigenvalue weighted by Crippen LogP contribution is -2.31. The molecule has 0 aromatic heterocycles. The maximum atomic E-state index is 14.5. The molecule has 0 spiro atoms. The average molecular weight is 452 g/mol. The number of halogens is 2. The smallest absolute Gasteiger partial charge is 0.258 e. The summed E-state index contributed by atoms with van der Waals surface area (Å²) in [6.07, 6.45) is 3.09. The van der Waals surface area contributed by atoms with Crippen LogP contribution >= 0.6 is 0 Å². The molecule has 9 heteroatoms. The van der Waals surface area contributed by atoms with E-state index in [-0.39, 0.29) is 23.7 Å². The molecule has 0 radical (unpaired) electrons. The van der Waals surface area contributed by atoms with Crippen LogP contribution in [0.1, 0.15) is 43.5 Å². The number of hydrogen-bond acceptors (Lipinski definition) is 4. The van der Waals surface area contributed by atoms with Gasteiger partial charge in [-0.05, 0) is 55.7 Å². The molecule has 1 heterocycles. The van der Waals surface area contributed by atoms with Crippen molar-refractivity contribution in [2.45, 2.75) is 38.0 Å². The van der Waals surface area contributed by atoms with E-state index in [2.05, 4.69) is 10.2 Å². The van der Waals surface area contributed by atoms with E-state index in [0.717, 1.165) is 50.6 Å². The topological polar surface area (TPSA) is 69.7 Å². The van der Waals surface area contributed by atoms with Crippen LogP contribution in [0.25, 0.3) is 0 Å². The van der Waals surface area contributed by atoms with Gasteiger partial charge in [-0.2, -0.15) is 4.31 Å². The van der Waals surface area contributed by atoms with Crippen molar-refractivity contribution in [1.29, 1.82) is 0 Å². The molecule has 1 amide bonds. The zero-order valence-corrected chi connectivity index (χ0v) is 18.5. The van der Waals surface area contributed by atoms with Crippen molar-refractivity contribution in [1.82, 2.24) is 4.31 Å². The number of piperidine rings is 1. The van der Waals surface area contributed by atoms with Gasteiger partial charge < -0.3 is 10.2 Å². The largest absolute Gasteiger partial charge is 0.370 e. The van der Waals surface area contributed by atoms with Gasteiger partial charge in [0.1, 0.15) is 11.6 Å². The van der Waals surface area contributed by atoms with E-state index in [1.165, 1.54) is 16.4 Å². The van der Waals surface area contributed by atoms with Gasteiger partial charge in [-0.15, -0.1) is 0 Å². The number of nitrogens with zero attached hydrogens (tertiary/aromatic N) is 2. The second-order valence-electron chi connectivity index (χ2n) is 7.39. The summed E-state index contributed by atoms with van der Waals surface area (Å²) in [6, 6.07) is 7.23. The van der Waals surface area contributed by atoms with Gasteiger partial charge in [0.05, 0.1) is 21.8 Å². The van der Waals surface area contributed by atoms with E-state index in [1.54, 1.807) is 19.9 Å². The van der Waals surface area contributed by atoms with Crippen LogP contribution in [0, 0.1) is 11.6 Å². The van der Waals surface area contributed by atoms with Crippen LogP contribution in [-0.2, 0) is 10.0 Å². The van der Waals surface area contributed by atoms with Gasteiger partial charge in [0, 0.05) is 26.2 Å². The maximum Gasteiger partial charge on any atom is 0.258 e. The van der Waals surface area contributed by atoms with Crippen molar-refractivity contribution in [3.05, 3.63) is 53.6 Å². The third-order valence-electron chi connectivity index (χ3n) is 5.43. The summed E-state index contributed by atoms with van der Waals surface area (Å²) in [5.74, 6) is -2.22. The molecule has 1 saturated heterocycles. The van der Waals surface area contributed by atoms with Gasteiger partial charge in [0.2, 0.25) is 10.0 Å². The Morgan fingerprint density at radius 2 is 1.71 bits per heavy atom. The van der Waals surface area contributed by atoms with Crippen molar-refractivity contribution in [3.8, 4) is 0 Å². The van der Waals surface area contributed by atoms with Crippen molar-refractivity contribution >= 4 is 27.3 Å². The fourth-order valence-electron chi connectivity index (χ4n) is 3.76. The Morgan fingerprint density at radius 1 is 1.03 bits per heavy atom. The predicted molar refractivity (Wildman–Crippen MR) is 117 cm³/mol. The summed E-state index contributed by atoms with van der Waals surface area (Å²) >= 11 is 0. The highest BCUT2D eigenvalue weighted by atomic mass is 32.2. The molecule has 6 nitrogen and oxygen atoms in total. The fraction of sp³-hybridized carbons (Fsp3) is 0.409. The molecule has 31 heavy (non-hydrogen) atoms. The van der Waals surface area contributed by atoms with E-state index in [9.17, 15) is 22.0 Å². The van der Waals surface area contributed by atoms with Gasteiger partial charge in [0.25, 0.3) is 5.91 Å². The number of carbonyl (C=O) groups excluding carboxylic acids is 1. The summed E-state index contributed by atoms with van der Waals surface area (Å²) in [7, 11) is -3.86. The quantitative estimate of drug-likeness (QED) is 0.684. The number of sulfonamides is 1. The standard InChI is InChI=1S/C22H27F2N3O3S/c1-3-27(4-2)31(29,30)17-9-10-19(24)18(15-17)22(28)25-20-14-16(23)8-11-21(20)26-12-6-5-7-13-26/h8-11,14-15H,3-7,12-13H2,1-2H3,(H,25,28). The first kappa shape index (κ1) is 23.1. The highest BCUT2D eigenvalue weighted by Crippen LogP contribution is 2.30. The molecule has 0 aliphatic carbocycles. The van der Waals surface area contributed by atoms with Crippen LogP contribution < -0.4 is 10.2 Å². The number of anilines is 2. The molecule has 1 fully saturated rings. The lowest BCUT2D eigenvalue weighted by molar-refractivity contribution is 0.102. The molecule has 168 valence electrons. The number of rotatable bonds is 7. The number of carbonyl (C=O) groups is 1. The number of amides is 1. The molecule has 1 N–H and O–H groups in total. The maximum absolute atomic E-state index is 14.5. The van der Waals surface area contributed by atoms with Gasteiger partial charge in [-0.1, -0.05) is 13.8 Å². The Labute approximate surface area is 181 Å². The second-order valence-corrected chi connectivity index (χ2v) is 9.33. The van der Waals surface area contributed by atoms with Crippen molar-refractivity contribution in [2.75, 3.05) is 36.4 Å². The van der Waals surface area contributed by atoms with Crippen LogP contribution in [0.2, 0.25) is 0 Å². The van der Waals surface area contributed by atoms with Crippen molar-refractivity contribution < 1.29 is 22.0 Å². The molecular formula is C22H27F2N3O3S. The zero-order chi connectivity index (χ0) is 22.6. The summed E-state index contributed by atoms with van der Waals surface area (Å²) in [6.45, 7) is 5.45. The Morgan fingerprint density at radius 3 is 2.35 bits per heavy atom. The molecule has 0 bridgehead atoms. The van der Waals surface area contributed by atoms with E-state index in [1.807, 2.05) is 0 Å². The Balaban J connectivity index is 1.93. The van der Waals surface area contributed by atoms with Crippen LogP contribution in [0.5, 0.6) is 0 Å². The number of benzene rings is 2. The SMILES string of the molecule is CCN(CC)S(=O)(=O)c1ccc(F)c(C(=O)Nc2cc(F)ccc2N2CCCCC2)c1. The van der Waals surface area contributed by atoms with Crippen molar-refractivity contribution in [3.63, 3.8) is 0 Å². The molecule has 2 aromatic rings. The summed E-state index contributed by atoms with van der Waals surface area (Å²) < 4.78 is 55.1. The highest BCUT2D eigenvalue weighted by Gasteiger charge is 2.25. The van der Waals surface area contributed by atoms with E-state index >= 15 is 0 Å². The van der Waals surface area contributed by atoms with Gasteiger partial charge in [-0.3, -0.25) is 4.79 Å². The minimum atomic E-state index is -3.86. The molecule has 0 unspecified atom stereocenters. The average Bonchev–Trinajstić information content (AvgIpc) is 2.75. The first-order chi connectivity index (χ1) is 14.8. The summed E-state index contributed by atoms with van der Waals surface area (Å²) in [4.78, 5) is 14.8. The zero-order valence-electron chi connectivity index (χ0n) is 17.7. The third kappa shape index (κ3) is 5.04. The number of nitrogens with one attached hydrogen (secondary N) is 1. The molecule has 1 aliphatic heterocycles. The second kappa shape index (κ2) is 9.74. The normalized spacial score (nSPS) is 14.7. The van der Waals surface area contributed by atoms with Crippen LogP contribution in [0.15, 0.2) is 41.3 Å². The van der Waals surface area contributed by atoms with Gasteiger partial charge in [0.15, 0.2) is 0 Å². The first-order valence-electron chi connectivity index (χ1n) is 10.4. The van der Waals surface area contributed by atoms with E-state index in [4.69, 9.17) is 0 Å². The number of hydrogen-bond donors (Lipinski definition) is 1. The summed E-state index contributed by atoms with van der Waals surface area (Å²) in [5.41, 5.74) is 0.465. The molecule has 3 rings (SSSR count). The van der Waals surface area contributed by atoms with Crippen LogP contribution in [0.4, 0.5) is 20.2 Å². The Kier molecular flexibility index (Phi) is 7.27. The van der Waals surface area contributed by atoms with Gasteiger partial charge >= 0.3 is 0 Å². The molecule has 1 aliphatic rings. The molecule has 2 aromatic carbocycles. The van der Waals surface area contributed by atoms with Gasteiger partial charge in [-0.25, -0.2) is 17.2 Å². The summed E-state index contributed by atoms with van der Waals surface area (Å²) in [5, 5.41) is 2.57.